The first kappa shape index (κ1) is 68.3. The second-order valence-corrected chi connectivity index (χ2v) is 28.0. The van der Waals surface area contributed by atoms with Gasteiger partial charge in [-0.25, -0.2) is 19.7 Å². The lowest BCUT2D eigenvalue weighted by atomic mass is 9.95. The van der Waals surface area contributed by atoms with Crippen LogP contribution in [-0.2, 0) is 14.2 Å². The van der Waals surface area contributed by atoms with Crippen molar-refractivity contribution in [3.8, 4) is 11.5 Å². The van der Waals surface area contributed by atoms with E-state index in [1.54, 1.807) is 31.8 Å². The average Bonchev–Trinajstić information content (AvgIpc) is 1.61. The molecule has 3 aliphatic carbocycles. The molecule has 2 aromatic carbocycles. The highest BCUT2D eigenvalue weighted by Gasteiger charge is 2.30. The van der Waals surface area contributed by atoms with Crippen molar-refractivity contribution in [2.24, 2.45) is 0 Å². The number of piperazine rings is 2. The first-order valence-corrected chi connectivity index (χ1v) is 36.2. The van der Waals surface area contributed by atoms with E-state index in [0.29, 0.717) is 67.6 Å². The number of amides is 1. The lowest BCUT2D eigenvalue weighted by Crippen LogP contribution is -2.50. The average molecular weight is 1370 g/mol. The number of nitrogens with one attached hydrogen (secondary N) is 7. The highest BCUT2D eigenvalue weighted by atomic mass is 35.5. The predicted molar refractivity (Wildman–Crippen MR) is 384 cm³/mol. The van der Waals surface area contributed by atoms with Crippen molar-refractivity contribution in [3.05, 3.63) is 60.7 Å². The number of hydrogen-bond donors (Lipinski definition) is 7. The molecule has 7 fully saturated rings. The molecule has 2 atom stereocenters. The minimum Gasteiger partial charge on any atom is -0.494 e. The fourth-order valence-electron chi connectivity index (χ4n) is 14.3. The van der Waals surface area contributed by atoms with Crippen LogP contribution in [0, 0.1) is 0 Å². The molecule has 8 aromatic rings. The summed E-state index contributed by atoms with van der Waals surface area (Å²) in [5.74, 6) is 4.74. The Hall–Kier alpha value is -8.27. The van der Waals surface area contributed by atoms with Gasteiger partial charge in [-0.15, -0.1) is 0 Å². The van der Waals surface area contributed by atoms with Crippen molar-refractivity contribution in [3.63, 3.8) is 0 Å². The van der Waals surface area contributed by atoms with E-state index in [1.165, 1.54) is 83.5 Å². The molecular weight excluding hydrogens is 1270 g/mol. The highest BCUT2D eigenvalue weighted by molar-refractivity contribution is 6.28. The summed E-state index contributed by atoms with van der Waals surface area (Å²) in [5, 5.41) is 21.2. The maximum absolute atomic E-state index is 12.5. The van der Waals surface area contributed by atoms with Gasteiger partial charge in [0.15, 0.2) is 45.4 Å². The topological polar surface area (TPSA) is 287 Å². The number of rotatable bonds is 16. The highest BCUT2D eigenvalue weighted by Crippen LogP contribution is 2.38. The summed E-state index contributed by atoms with van der Waals surface area (Å²) >= 11 is 6.17. The monoisotopic (exact) mass is 1360 g/mol. The number of fused-ring (bicyclic) bond motifs is 3. The van der Waals surface area contributed by atoms with Crippen molar-refractivity contribution in [2.45, 2.75) is 192 Å². The number of hydrogen-bond acceptors (Lipinski definition) is 23. The minimum atomic E-state index is -0.505. The lowest BCUT2D eigenvalue weighted by Gasteiger charge is -2.37. The molecule has 10 heterocycles. The number of methoxy groups -OCH3 is 2. The Labute approximate surface area is 578 Å². The van der Waals surface area contributed by atoms with Gasteiger partial charge in [-0.05, 0) is 134 Å². The van der Waals surface area contributed by atoms with E-state index in [9.17, 15) is 4.79 Å². The summed E-state index contributed by atoms with van der Waals surface area (Å²) in [6.45, 7) is 13.8. The van der Waals surface area contributed by atoms with E-state index in [2.05, 4.69) is 89.8 Å². The number of benzene rings is 2. The zero-order chi connectivity index (χ0) is 67.4. The molecule has 2 unspecified atom stereocenters. The lowest BCUT2D eigenvalue weighted by molar-refractivity contribution is -0.0299. The SMILES string of the molecule is COc1cc(N2CCN(C(=O)OC(C)(C)C)CC2)ccc1Nc1nc(NC2CCCCC2)c2ncn(C3CCCCO3)c2n1.COc1cc(N2CCNCC2)ccc1Nc1nc(NC2CCCCC2)c2[nH]cnc2n1.Clc1nc(NC2CCCCC2)c2ncn(C3CCCCO3)c2n1. The second kappa shape index (κ2) is 32.2. The Kier molecular flexibility index (Phi) is 22.4. The van der Waals surface area contributed by atoms with Crippen LogP contribution in [0.3, 0.4) is 0 Å². The summed E-state index contributed by atoms with van der Waals surface area (Å²) in [5.41, 5.74) is 7.84. The van der Waals surface area contributed by atoms with E-state index in [1.807, 2.05) is 54.4 Å². The van der Waals surface area contributed by atoms with Crippen LogP contribution in [0.1, 0.15) is 168 Å². The van der Waals surface area contributed by atoms with E-state index in [4.69, 9.17) is 55.2 Å². The number of nitrogens with zero attached hydrogens (tertiary/aromatic N) is 14. The summed E-state index contributed by atoms with van der Waals surface area (Å²) in [7, 11) is 3.36. The van der Waals surface area contributed by atoms with Crippen LogP contribution in [0.5, 0.6) is 11.5 Å². The first-order valence-electron chi connectivity index (χ1n) is 35.9. The number of H-pyrrole nitrogens is 1. The molecular formula is C70H98ClN21O6. The van der Waals surface area contributed by atoms with Crippen molar-refractivity contribution in [2.75, 3.05) is 116 Å². The van der Waals surface area contributed by atoms with Gasteiger partial charge in [0.25, 0.3) is 0 Å². The summed E-state index contributed by atoms with van der Waals surface area (Å²) < 4.78 is 33.0. The van der Waals surface area contributed by atoms with Gasteiger partial charge in [-0.3, -0.25) is 9.13 Å². The predicted octanol–water partition coefficient (Wildman–Crippen LogP) is 13.3. The fraction of sp³-hybridized carbons (Fsp3) is 0.600. The van der Waals surface area contributed by atoms with Crippen LogP contribution < -0.4 is 51.2 Å². The molecule has 6 aromatic heterocycles. The number of anilines is 9. The van der Waals surface area contributed by atoms with Crippen LogP contribution in [0.2, 0.25) is 5.28 Å². The summed E-state index contributed by atoms with van der Waals surface area (Å²) in [4.78, 5) is 63.7. The Morgan fingerprint density at radius 2 is 1.03 bits per heavy atom. The zero-order valence-corrected chi connectivity index (χ0v) is 58.3. The van der Waals surface area contributed by atoms with Gasteiger partial charge in [-0.2, -0.15) is 29.9 Å². The molecule has 7 N–H and O–H groups in total. The van der Waals surface area contributed by atoms with Crippen LogP contribution in [0.15, 0.2) is 55.4 Å². The van der Waals surface area contributed by atoms with Gasteiger partial charge in [-0.1, -0.05) is 57.8 Å². The molecule has 4 saturated heterocycles. The molecule has 7 aliphatic rings. The standard InChI is InChI=1S/C32H46N8O4.C22H30N8O.C16H22ClN5O/c1-32(2,3)44-31(41)39-17-15-38(16-18-39)23-13-14-24(25(20-23)42-4)35-30-36-28(34-22-10-6-5-7-11-22)27-29(37-30)40(21-33-27)26-12-8-9-19-43-26;1-31-18-13-16(30-11-9-23-10-12-30)7-8-17(18)27-22-28-20-19(24-14-25-20)21(29-22)26-15-5-3-2-4-6-15;17-16-20-14(19-11-6-2-1-3-7-11)13-15(21-16)22(10-18-13)12-8-4-5-9-23-12/h13-14,20-22,26H,5-12,15-19H2,1-4H3,(H2,34,35,36,37);7-8,13-15,23H,2-6,9-12H2,1H3,(H3,24,25,26,27,28,29);10-12H,1-9H2,(H,19,20,21). The van der Waals surface area contributed by atoms with Gasteiger partial charge in [0.1, 0.15) is 35.1 Å². The maximum atomic E-state index is 12.5. The number of imidazole rings is 3. The molecule has 27 nitrogen and oxygen atoms in total. The normalized spacial score (nSPS) is 20.0. The Balaban J connectivity index is 0.000000140. The van der Waals surface area contributed by atoms with Gasteiger partial charge < -0.3 is 75.3 Å². The van der Waals surface area contributed by atoms with Crippen LogP contribution in [-0.4, -0.2) is 173 Å². The molecule has 4 aliphatic heterocycles. The van der Waals surface area contributed by atoms with E-state index in [0.717, 1.165) is 165 Å². The number of halogens is 1. The van der Waals surface area contributed by atoms with Crippen LogP contribution in [0.4, 0.5) is 56.9 Å². The molecule has 28 heteroatoms. The Bertz CT molecular complexity index is 3910. The third kappa shape index (κ3) is 17.1. The van der Waals surface area contributed by atoms with Crippen molar-refractivity contribution < 1.29 is 28.5 Å². The minimum absolute atomic E-state index is 0.00208. The maximum Gasteiger partial charge on any atom is 0.410 e. The number of aromatic nitrogens is 12. The molecule has 15 rings (SSSR count). The second-order valence-electron chi connectivity index (χ2n) is 27.7. The summed E-state index contributed by atoms with van der Waals surface area (Å²) in [6.07, 6.45) is 29.7. The fourth-order valence-corrected chi connectivity index (χ4v) is 14.4. The van der Waals surface area contributed by atoms with Crippen molar-refractivity contribution >= 4 is 103 Å². The van der Waals surface area contributed by atoms with Crippen LogP contribution >= 0.6 is 11.6 Å². The van der Waals surface area contributed by atoms with Gasteiger partial charge in [0, 0.05) is 107 Å². The molecule has 0 bridgehead atoms. The van der Waals surface area contributed by atoms with Gasteiger partial charge >= 0.3 is 6.09 Å². The first-order chi connectivity index (χ1) is 47.9. The third-order valence-electron chi connectivity index (χ3n) is 19.5. The quantitative estimate of drug-likeness (QED) is 0.0443. The van der Waals surface area contributed by atoms with Crippen molar-refractivity contribution in [1.29, 1.82) is 0 Å². The van der Waals surface area contributed by atoms with Gasteiger partial charge in [0.2, 0.25) is 17.2 Å². The van der Waals surface area contributed by atoms with E-state index < -0.39 is 5.60 Å². The number of ether oxygens (including phenoxy) is 5. The molecule has 0 spiro atoms. The van der Waals surface area contributed by atoms with E-state index in [-0.39, 0.29) is 23.8 Å². The third-order valence-corrected chi connectivity index (χ3v) is 19.7. The Morgan fingerprint density at radius 3 is 1.54 bits per heavy atom. The largest absolute Gasteiger partial charge is 0.494 e. The smallest absolute Gasteiger partial charge is 0.410 e. The molecule has 3 saturated carbocycles. The number of carbonyl (C=O) groups excluding carboxylic acids is 1. The van der Waals surface area contributed by atoms with Gasteiger partial charge in [0.05, 0.1) is 44.6 Å². The molecule has 1 amide bonds. The molecule has 0 radical (unpaired) electrons. The van der Waals surface area contributed by atoms with Crippen LogP contribution in [0.25, 0.3) is 33.5 Å². The number of aromatic amines is 1. The van der Waals surface area contributed by atoms with Crippen molar-refractivity contribution in [1.82, 2.24) is 69.2 Å². The van der Waals surface area contributed by atoms with E-state index >= 15 is 0 Å². The Morgan fingerprint density at radius 1 is 0.551 bits per heavy atom. The summed E-state index contributed by atoms with van der Waals surface area (Å²) in [6, 6.07) is 13.6. The number of carbonyl (C=O) groups is 1. The molecule has 526 valence electrons. The molecule has 98 heavy (non-hydrogen) atoms. The zero-order valence-electron chi connectivity index (χ0n) is 57.6.